The SMILES string of the molecule is COc1c(-c2ccc(F)cc2)cc2c([nH]c3c(C)nccc32)c1C(C)=O. The number of nitrogens with one attached hydrogen (secondary N) is 1. The molecule has 4 aromatic rings. The van der Waals surface area contributed by atoms with Crippen LogP contribution in [0.15, 0.2) is 42.6 Å². The van der Waals surface area contributed by atoms with E-state index in [0.717, 1.165) is 38.6 Å². The second kappa shape index (κ2) is 5.95. The van der Waals surface area contributed by atoms with Crippen LogP contribution in [0.1, 0.15) is 23.0 Å². The molecule has 2 aromatic heterocycles. The number of ether oxygens (including phenoxy) is 1. The van der Waals surface area contributed by atoms with Gasteiger partial charge in [0.15, 0.2) is 5.78 Å². The van der Waals surface area contributed by atoms with Gasteiger partial charge in [-0.1, -0.05) is 12.1 Å². The summed E-state index contributed by atoms with van der Waals surface area (Å²) < 4.78 is 19.0. The minimum Gasteiger partial charge on any atom is -0.495 e. The Morgan fingerprint density at radius 1 is 1.12 bits per heavy atom. The van der Waals surface area contributed by atoms with Crippen molar-refractivity contribution in [3.05, 3.63) is 59.7 Å². The van der Waals surface area contributed by atoms with E-state index in [1.807, 2.05) is 19.1 Å². The number of ketones is 1. The number of carbonyl (C=O) groups is 1. The van der Waals surface area contributed by atoms with Crippen molar-refractivity contribution < 1.29 is 13.9 Å². The van der Waals surface area contributed by atoms with Crippen LogP contribution in [0.25, 0.3) is 32.9 Å². The van der Waals surface area contributed by atoms with Gasteiger partial charge in [-0.3, -0.25) is 9.78 Å². The molecule has 0 aliphatic rings. The number of pyridine rings is 1. The van der Waals surface area contributed by atoms with Crippen LogP contribution in [0.3, 0.4) is 0 Å². The molecule has 0 amide bonds. The van der Waals surface area contributed by atoms with Gasteiger partial charge >= 0.3 is 0 Å². The number of aromatic nitrogens is 2. The molecule has 0 unspecified atom stereocenters. The fourth-order valence-electron chi connectivity index (χ4n) is 3.47. The molecule has 0 saturated heterocycles. The van der Waals surface area contributed by atoms with Gasteiger partial charge in [0.2, 0.25) is 0 Å². The molecule has 130 valence electrons. The number of H-pyrrole nitrogens is 1. The van der Waals surface area contributed by atoms with Gasteiger partial charge in [-0.25, -0.2) is 4.39 Å². The van der Waals surface area contributed by atoms with Gasteiger partial charge in [0.25, 0.3) is 0 Å². The highest BCUT2D eigenvalue weighted by Crippen LogP contribution is 2.41. The van der Waals surface area contributed by atoms with E-state index in [-0.39, 0.29) is 11.6 Å². The topological polar surface area (TPSA) is 55.0 Å². The van der Waals surface area contributed by atoms with E-state index in [9.17, 15) is 9.18 Å². The third-order valence-electron chi connectivity index (χ3n) is 4.67. The summed E-state index contributed by atoms with van der Waals surface area (Å²) in [4.78, 5) is 20.1. The van der Waals surface area contributed by atoms with Crippen molar-refractivity contribution in [3.63, 3.8) is 0 Å². The van der Waals surface area contributed by atoms with Crippen LogP contribution in [0.5, 0.6) is 5.75 Å². The molecule has 0 radical (unpaired) electrons. The van der Waals surface area contributed by atoms with Crippen LogP contribution in [0.4, 0.5) is 4.39 Å². The number of aryl methyl sites for hydroxylation is 1. The van der Waals surface area contributed by atoms with Crippen LogP contribution < -0.4 is 4.74 Å². The molecule has 26 heavy (non-hydrogen) atoms. The van der Waals surface area contributed by atoms with Gasteiger partial charge in [-0.2, -0.15) is 0 Å². The van der Waals surface area contributed by atoms with Crippen molar-refractivity contribution in [1.82, 2.24) is 9.97 Å². The number of halogens is 1. The molecule has 5 heteroatoms. The lowest BCUT2D eigenvalue weighted by atomic mass is 9.96. The summed E-state index contributed by atoms with van der Waals surface area (Å²) in [5, 5.41) is 1.90. The zero-order valence-electron chi connectivity index (χ0n) is 14.7. The number of Topliss-reactive ketones (excluding diaryl/α,β-unsaturated/α-hetero) is 1. The normalized spacial score (nSPS) is 11.2. The van der Waals surface area contributed by atoms with Gasteiger partial charge in [0.05, 0.1) is 29.4 Å². The number of carbonyl (C=O) groups excluding carboxylic acids is 1. The van der Waals surface area contributed by atoms with Crippen LogP contribution in [0.2, 0.25) is 0 Å². The minimum atomic E-state index is -0.311. The van der Waals surface area contributed by atoms with Gasteiger partial charge in [-0.05, 0) is 43.7 Å². The monoisotopic (exact) mass is 348 g/mol. The molecule has 4 nitrogen and oxygen atoms in total. The molecule has 0 aliphatic heterocycles. The van der Waals surface area contributed by atoms with E-state index in [2.05, 4.69) is 9.97 Å². The first kappa shape index (κ1) is 16.3. The third-order valence-corrected chi connectivity index (χ3v) is 4.67. The number of fused-ring (bicyclic) bond motifs is 3. The first-order chi connectivity index (χ1) is 12.5. The molecule has 0 saturated carbocycles. The summed E-state index contributed by atoms with van der Waals surface area (Å²) in [5.74, 6) is 0.0659. The number of aromatic amines is 1. The van der Waals surface area contributed by atoms with Crippen LogP contribution in [0, 0.1) is 12.7 Å². The Bertz CT molecular complexity index is 1160. The number of hydrogen-bond acceptors (Lipinski definition) is 3. The Hall–Kier alpha value is -3.21. The first-order valence-electron chi connectivity index (χ1n) is 8.26. The van der Waals surface area contributed by atoms with E-state index in [1.165, 1.54) is 26.2 Å². The van der Waals surface area contributed by atoms with Crippen molar-refractivity contribution >= 4 is 27.6 Å². The van der Waals surface area contributed by atoms with Crippen LogP contribution in [-0.4, -0.2) is 22.9 Å². The van der Waals surface area contributed by atoms with Crippen LogP contribution in [-0.2, 0) is 0 Å². The van der Waals surface area contributed by atoms with Crippen molar-refractivity contribution in [1.29, 1.82) is 0 Å². The lowest BCUT2D eigenvalue weighted by molar-refractivity contribution is 0.101. The Labute approximate surface area is 149 Å². The quantitative estimate of drug-likeness (QED) is 0.528. The van der Waals surface area contributed by atoms with Gasteiger partial charge in [0.1, 0.15) is 11.6 Å². The summed E-state index contributed by atoms with van der Waals surface area (Å²) in [6.45, 7) is 3.44. The second-order valence-corrected chi connectivity index (χ2v) is 6.26. The number of nitrogens with zero attached hydrogens (tertiary/aromatic N) is 1. The van der Waals surface area contributed by atoms with Gasteiger partial charge in [-0.15, -0.1) is 0 Å². The predicted octanol–water partition coefficient (Wildman–Crippen LogP) is 5.04. The summed E-state index contributed by atoms with van der Waals surface area (Å²) in [6, 6.07) is 10.1. The molecule has 0 spiro atoms. The van der Waals surface area contributed by atoms with Crippen molar-refractivity contribution in [2.24, 2.45) is 0 Å². The van der Waals surface area contributed by atoms with Crippen molar-refractivity contribution in [3.8, 4) is 16.9 Å². The fourth-order valence-corrected chi connectivity index (χ4v) is 3.47. The number of hydrogen-bond donors (Lipinski definition) is 1. The molecule has 2 aromatic carbocycles. The highest BCUT2D eigenvalue weighted by Gasteiger charge is 2.22. The molecular weight excluding hydrogens is 331 g/mol. The maximum absolute atomic E-state index is 13.4. The largest absolute Gasteiger partial charge is 0.495 e. The highest BCUT2D eigenvalue weighted by molar-refractivity contribution is 6.18. The summed E-state index contributed by atoms with van der Waals surface area (Å²) >= 11 is 0. The Kier molecular flexibility index (Phi) is 3.72. The lowest BCUT2D eigenvalue weighted by Crippen LogP contribution is -2.01. The average Bonchev–Trinajstić information content (AvgIpc) is 3.00. The van der Waals surface area contributed by atoms with E-state index in [0.29, 0.717) is 11.3 Å². The van der Waals surface area contributed by atoms with Crippen molar-refractivity contribution in [2.75, 3.05) is 7.11 Å². The maximum atomic E-state index is 13.4. The maximum Gasteiger partial charge on any atom is 0.165 e. The first-order valence-corrected chi connectivity index (χ1v) is 8.26. The number of methoxy groups -OCH3 is 1. The zero-order valence-corrected chi connectivity index (χ0v) is 14.7. The van der Waals surface area contributed by atoms with E-state index in [1.54, 1.807) is 18.3 Å². The Morgan fingerprint density at radius 2 is 1.85 bits per heavy atom. The predicted molar refractivity (Wildman–Crippen MR) is 100 cm³/mol. The average molecular weight is 348 g/mol. The molecule has 0 aliphatic carbocycles. The fraction of sp³-hybridized carbons (Fsp3) is 0.143. The summed E-state index contributed by atoms with van der Waals surface area (Å²) in [7, 11) is 1.54. The molecular formula is C21H17FN2O2. The number of benzene rings is 2. The molecule has 0 bridgehead atoms. The zero-order chi connectivity index (χ0) is 18.4. The number of rotatable bonds is 3. The lowest BCUT2D eigenvalue weighted by Gasteiger charge is -2.14. The molecule has 1 N–H and O–H groups in total. The highest BCUT2D eigenvalue weighted by atomic mass is 19.1. The van der Waals surface area contributed by atoms with Crippen LogP contribution >= 0.6 is 0 Å². The third kappa shape index (κ3) is 2.36. The van der Waals surface area contributed by atoms with Gasteiger partial charge in [0, 0.05) is 22.5 Å². The smallest absolute Gasteiger partial charge is 0.165 e. The van der Waals surface area contributed by atoms with E-state index in [4.69, 9.17) is 4.74 Å². The Balaban J connectivity index is 2.18. The molecule has 0 fully saturated rings. The van der Waals surface area contributed by atoms with Crippen molar-refractivity contribution in [2.45, 2.75) is 13.8 Å². The van der Waals surface area contributed by atoms with E-state index < -0.39 is 0 Å². The molecule has 0 atom stereocenters. The second-order valence-electron chi connectivity index (χ2n) is 6.26. The van der Waals surface area contributed by atoms with E-state index >= 15 is 0 Å². The minimum absolute atomic E-state index is 0.104. The summed E-state index contributed by atoms with van der Waals surface area (Å²) in [6.07, 6.45) is 1.75. The standard InChI is InChI=1S/C21H17FN2O2/c1-11-19-15(8-9-23-11)17-10-16(13-4-6-14(22)7-5-13)21(26-3)18(12(2)25)20(17)24-19/h4-10,24H,1-3H3. The Morgan fingerprint density at radius 3 is 2.50 bits per heavy atom. The molecule has 2 heterocycles. The van der Waals surface area contributed by atoms with Gasteiger partial charge < -0.3 is 9.72 Å². The summed E-state index contributed by atoms with van der Waals surface area (Å²) in [5.41, 5.74) is 4.50. The molecule has 4 rings (SSSR count).